The van der Waals surface area contributed by atoms with Crippen LogP contribution < -0.4 is 5.32 Å². The smallest absolute Gasteiger partial charge is 0.254 e. The fourth-order valence-electron chi connectivity index (χ4n) is 3.86. The van der Waals surface area contributed by atoms with Gasteiger partial charge in [-0.1, -0.05) is 12.1 Å². The molecule has 0 aliphatic carbocycles. The number of nitrogens with zero attached hydrogens (tertiary/aromatic N) is 3. The number of carbonyl (C=O) groups excluding carboxylic acids is 1. The molecular formula is C24H21F2N5O2. The summed E-state index contributed by atoms with van der Waals surface area (Å²) in [6.45, 7) is 2.21. The topological polar surface area (TPSA) is 83.1 Å². The Hall–Kier alpha value is -3.85. The lowest BCUT2D eigenvalue weighted by atomic mass is 10.0. The van der Waals surface area contributed by atoms with Gasteiger partial charge in [-0.25, -0.2) is 13.8 Å². The predicted molar refractivity (Wildman–Crippen MR) is 119 cm³/mol. The maximum atomic E-state index is 14.1. The van der Waals surface area contributed by atoms with Crippen molar-refractivity contribution < 1.29 is 18.3 Å². The number of hydrogen-bond acceptors (Lipinski definition) is 5. The quantitative estimate of drug-likeness (QED) is 0.481. The molecule has 3 heterocycles. The van der Waals surface area contributed by atoms with Gasteiger partial charge in [0.05, 0.1) is 18.6 Å². The number of nitrogens with one attached hydrogen (secondary N) is 2. The number of carbonyl (C=O) groups is 1. The van der Waals surface area contributed by atoms with E-state index < -0.39 is 11.6 Å². The Morgan fingerprint density at radius 1 is 1.09 bits per heavy atom. The zero-order valence-electron chi connectivity index (χ0n) is 17.6. The first-order valence-corrected chi connectivity index (χ1v) is 10.6. The molecule has 1 saturated heterocycles. The fourth-order valence-corrected chi connectivity index (χ4v) is 3.86. The van der Waals surface area contributed by atoms with Crippen LogP contribution in [0.2, 0.25) is 0 Å². The number of pyridine rings is 1. The highest BCUT2D eigenvalue weighted by Gasteiger charge is 2.19. The summed E-state index contributed by atoms with van der Waals surface area (Å²) in [5, 5.41) is 11.0. The number of morpholine rings is 1. The molecule has 33 heavy (non-hydrogen) atoms. The highest BCUT2D eigenvalue weighted by atomic mass is 19.1. The third-order valence-corrected chi connectivity index (χ3v) is 5.59. The van der Waals surface area contributed by atoms with Crippen LogP contribution in [0.4, 0.5) is 20.3 Å². The van der Waals surface area contributed by atoms with E-state index in [0.717, 1.165) is 0 Å². The number of benzene rings is 2. The monoisotopic (exact) mass is 449 g/mol. The van der Waals surface area contributed by atoms with Crippen LogP contribution in [-0.4, -0.2) is 52.3 Å². The third kappa shape index (κ3) is 4.40. The number of amides is 1. The third-order valence-electron chi connectivity index (χ3n) is 5.59. The number of ether oxygens (including phenoxy) is 1. The van der Waals surface area contributed by atoms with Gasteiger partial charge in [0, 0.05) is 42.5 Å². The number of halogens is 2. The molecule has 5 rings (SSSR count). The maximum Gasteiger partial charge on any atom is 0.254 e. The molecule has 0 radical (unpaired) electrons. The van der Waals surface area contributed by atoms with Crippen molar-refractivity contribution in [2.45, 2.75) is 6.42 Å². The Morgan fingerprint density at radius 2 is 1.85 bits per heavy atom. The molecule has 0 spiro atoms. The van der Waals surface area contributed by atoms with Gasteiger partial charge in [0.1, 0.15) is 17.5 Å². The number of hydrogen-bond donors (Lipinski definition) is 2. The second kappa shape index (κ2) is 8.95. The van der Waals surface area contributed by atoms with Crippen LogP contribution in [0.3, 0.4) is 0 Å². The van der Waals surface area contributed by atoms with Gasteiger partial charge in [-0.3, -0.25) is 9.89 Å². The number of anilines is 2. The van der Waals surface area contributed by atoms with Gasteiger partial charge in [0.2, 0.25) is 0 Å². The van der Waals surface area contributed by atoms with Crippen LogP contribution in [0.15, 0.2) is 54.7 Å². The average molecular weight is 449 g/mol. The van der Waals surface area contributed by atoms with Crippen LogP contribution in [0.5, 0.6) is 0 Å². The van der Waals surface area contributed by atoms with E-state index in [2.05, 4.69) is 20.5 Å². The summed E-state index contributed by atoms with van der Waals surface area (Å²) in [6.07, 6.45) is 1.62. The Kier molecular flexibility index (Phi) is 5.70. The Labute approximate surface area is 188 Å². The van der Waals surface area contributed by atoms with E-state index in [1.54, 1.807) is 35.4 Å². The summed E-state index contributed by atoms with van der Waals surface area (Å²) in [5.74, 6) is -0.665. The van der Waals surface area contributed by atoms with Gasteiger partial charge < -0.3 is 15.0 Å². The summed E-state index contributed by atoms with van der Waals surface area (Å²) >= 11 is 0. The standard InChI is InChI=1S/C24H21F2N5O2/c25-20-5-2-6-21(26)18(20)11-15-12-19-22(27-14-15)29-30-23(19)28-17-4-1-3-16(13-17)24(32)31-7-9-33-10-8-31/h1-6,12-14H,7-11H2,(H2,27,28,29,30). The molecule has 9 heteroatoms. The van der Waals surface area contributed by atoms with Crippen molar-refractivity contribution >= 4 is 28.4 Å². The minimum Gasteiger partial charge on any atom is -0.378 e. The molecular weight excluding hydrogens is 428 g/mol. The van der Waals surface area contributed by atoms with E-state index in [4.69, 9.17) is 4.74 Å². The van der Waals surface area contributed by atoms with Gasteiger partial charge in [0.15, 0.2) is 5.65 Å². The molecule has 0 saturated carbocycles. The Bertz CT molecular complexity index is 1300. The van der Waals surface area contributed by atoms with Crippen molar-refractivity contribution in [2.24, 2.45) is 0 Å². The van der Waals surface area contributed by atoms with Crippen LogP contribution >= 0.6 is 0 Å². The van der Waals surface area contributed by atoms with Crippen molar-refractivity contribution in [2.75, 3.05) is 31.6 Å². The van der Waals surface area contributed by atoms with Crippen molar-refractivity contribution in [3.8, 4) is 0 Å². The van der Waals surface area contributed by atoms with Crippen molar-refractivity contribution in [3.63, 3.8) is 0 Å². The molecule has 7 nitrogen and oxygen atoms in total. The van der Waals surface area contributed by atoms with Gasteiger partial charge in [-0.05, 0) is 42.0 Å². The maximum absolute atomic E-state index is 14.1. The minimum absolute atomic E-state index is 0.00835. The number of aromatic nitrogens is 3. The van der Waals surface area contributed by atoms with E-state index >= 15 is 0 Å². The zero-order valence-corrected chi connectivity index (χ0v) is 17.6. The van der Waals surface area contributed by atoms with Crippen molar-refractivity contribution in [3.05, 3.63) is 83.1 Å². The minimum atomic E-state index is -0.595. The lowest BCUT2D eigenvalue weighted by molar-refractivity contribution is 0.0303. The Balaban J connectivity index is 1.39. The molecule has 1 aliphatic heterocycles. The van der Waals surface area contributed by atoms with Gasteiger partial charge >= 0.3 is 0 Å². The molecule has 0 unspecified atom stereocenters. The SMILES string of the molecule is O=C(c1cccc(Nc2[nH]nc3ncc(Cc4c(F)cccc4F)cc23)c1)N1CCOCC1. The number of fused-ring (bicyclic) bond motifs is 1. The summed E-state index contributed by atoms with van der Waals surface area (Å²) in [4.78, 5) is 18.9. The summed E-state index contributed by atoms with van der Waals surface area (Å²) < 4.78 is 33.4. The number of rotatable bonds is 5. The lowest BCUT2D eigenvalue weighted by Gasteiger charge is -2.27. The van der Waals surface area contributed by atoms with Gasteiger partial charge in [0.25, 0.3) is 5.91 Å². The second-order valence-electron chi connectivity index (χ2n) is 7.80. The van der Waals surface area contributed by atoms with E-state index in [1.807, 2.05) is 6.07 Å². The largest absolute Gasteiger partial charge is 0.378 e. The molecule has 1 fully saturated rings. The van der Waals surface area contributed by atoms with E-state index in [1.165, 1.54) is 18.2 Å². The first-order valence-electron chi connectivity index (χ1n) is 10.6. The average Bonchev–Trinajstić information content (AvgIpc) is 3.23. The van der Waals surface area contributed by atoms with Gasteiger partial charge in [-0.15, -0.1) is 0 Å². The second-order valence-corrected chi connectivity index (χ2v) is 7.80. The van der Waals surface area contributed by atoms with Crippen LogP contribution in [0.1, 0.15) is 21.5 Å². The highest BCUT2D eigenvalue weighted by molar-refractivity contribution is 5.96. The van der Waals surface area contributed by atoms with E-state index in [9.17, 15) is 13.6 Å². The lowest BCUT2D eigenvalue weighted by Crippen LogP contribution is -2.40. The molecule has 1 aliphatic rings. The first kappa shape index (κ1) is 21.0. The van der Waals surface area contributed by atoms with Gasteiger partial charge in [-0.2, -0.15) is 5.10 Å². The molecule has 1 amide bonds. The molecule has 2 aromatic heterocycles. The van der Waals surface area contributed by atoms with Crippen molar-refractivity contribution in [1.29, 1.82) is 0 Å². The highest BCUT2D eigenvalue weighted by Crippen LogP contribution is 2.26. The molecule has 168 valence electrons. The summed E-state index contributed by atoms with van der Waals surface area (Å²) in [5.41, 5.74) is 2.37. The number of aromatic amines is 1. The predicted octanol–water partition coefficient (Wildman–Crippen LogP) is 4.04. The van der Waals surface area contributed by atoms with Crippen molar-refractivity contribution in [1.82, 2.24) is 20.1 Å². The summed E-state index contributed by atoms with van der Waals surface area (Å²) in [7, 11) is 0. The molecule has 4 aromatic rings. The molecule has 0 bridgehead atoms. The molecule has 0 atom stereocenters. The zero-order chi connectivity index (χ0) is 22.8. The Morgan fingerprint density at radius 3 is 2.64 bits per heavy atom. The normalized spacial score (nSPS) is 13.9. The van der Waals surface area contributed by atoms with Crippen LogP contribution in [0.25, 0.3) is 11.0 Å². The molecule has 2 N–H and O–H groups in total. The molecule has 2 aromatic carbocycles. The number of H-pyrrole nitrogens is 1. The first-order chi connectivity index (χ1) is 16.1. The van der Waals surface area contributed by atoms with Crippen LogP contribution in [-0.2, 0) is 11.2 Å². The van der Waals surface area contributed by atoms with E-state index in [0.29, 0.717) is 60.0 Å². The fraction of sp³-hybridized carbons (Fsp3) is 0.208. The van der Waals surface area contributed by atoms with E-state index in [-0.39, 0.29) is 17.9 Å². The summed E-state index contributed by atoms with van der Waals surface area (Å²) in [6, 6.07) is 12.8. The van der Waals surface area contributed by atoms with Crippen LogP contribution in [0, 0.1) is 11.6 Å².